The smallest absolute Gasteiger partial charge is 0.119 e. The van der Waals surface area contributed by atoms with Crippen molar-refractivity contribution in [2.45, 2.75) is 44.1 Å². The summed E-state index contributed by atoms with van der Waals surface area (Å²) >= 11 is 0. The molecule has 0 aliphatic heterocycles. The number of phenolic OH excluding ortho intramolecular Hbond substituents is 1. The first-order valence-corrected chi connectivity index (χ1v) is 6.63. The molecule has 1 aromatic carbocycles. The van der Waals surface area contributed by atoms with Crippen molar-refractivity contribution in [2.75, 3.05) is 7.11 Å². The highest BCUT2D eigenvalue weighted by atomic mass is 16.5. The number of fused-ring (bicyclic) bond motifs is 3. The molecule has 0 saturated heterocycles. The molecular weight excluding hydrogens is 212 g/mol. The second-order valence-corrected chi connectivity index (χ2v) is 5.43. The van der Waals surface area contributed by atoms with Crippen LogP contribution >= 0.6 is 0 Å². The summed E-state index contributed by atoms with van der Waals surface area (Å²) in [5.41, 5.74) is 2.56. The summed E-state index contributed by atoms with van der Waals surface area (Å²) in [5.74, 6) is 1.76. The van der Waals surface area contributed by atoms with E-state index in [0.29, 0.717) is 17.8 Å². The van der Waals surface area contributed by atoms with Crippen LogP contribution < -0.4 is 0 Å². The van der Waals surface area contributed by atoms with Gasteiger partial charge < -0.3 is 9.84 Å². The maximum atomic E-state index is 10.1. The first kappa shape index (κ1) is 11.1. The summed E-state index contributed by atoms with van der Waals surface area (Å²) in [5, 5.41) is 10.1. The Labute approximate surface area is 103 Å². The molecule has 1 N–H and O–H groups in total. The van der Waals surface area contributed by atoms with E-state index < -0.39 is 0 Å². The van der Waals surface area contributed by atoms with Gasteiger partial charge in [-0.25, -0.2) is 0 Å². The van der Waals surface area contributed by atoms with Crippen LogP contribution in [0.2, 0.25) is 0 Å². The van der Waals surface area contributed by atoms with E-state index in [1.807, 2.05) is 12.1 Å². The summed E-state index contributed by atoms with van der Waals surface area (Å²) in [6.07, 6.45) is 6.28. The number of rotatable bonds is 1. The maximum absolute atomic E-state index is 10.1. The number of benzene rings is 1. The highest BCUT2D eigenvalue weighted by molar-refractivity contribution is 5.44. The lowest BCUT2D eigenvalue weighted by Crippen LogP contribution is -2.31. The molecule has 0 heterocycles. The summed E-state index contributed by atoms with van der Waals surface area (Å²) in [7, 11) is 1.81. The molecule has 0 aromatic heterocycles. The van der Waals surface area contributed by atoms with E-state index in [2.05, 4.69) is 6.07 Å². The van der Waals surface area contributed by atoms with Crippen LogP contribution in [0.3, 0.4) is 0 Å². The van der Waals surface area contributed by atoms with Crippen LogP contribution in [0.15, 0.2) is 18.2 Å². The van der Waals surface area contributed by atoms with E-state index in [4.69, 9.17) is 4.74 Å². The predicted octanol–water partition coefficient (Wildman–Crippen LogP) is 3.24. The fourth-order valence-electron chi connectivity index (χ4n) is 3.69. The molecule has 2 aliphatic rings. The number of hydrogen-bond acceptors (Lipinski definition) is 2. The third-order valence-electron chi connectivity index (χ3n) is 4.61. The van der Waals surface area contributed by atoms with Crippen LogP contribution in [-0.4, -0.2) is 18.3 Å². The van der Waals surface area contributed by atoms with Crippen molar-refractivity contribution in [3.05, 3.63) is 29.3 Å². The van der Waals surface area contributed by atoms with E-state index in [1.165, 1.54) is 30.4 Å². The van der Waals surface area contributed by atoms with Gasteiger partial charge in [0.15, 0.2) is 0 Å². The van der Waals surface area contributed by atoms with Gasteiger partial charge in [-0.3, -0.25) is 0 Å². The quantitative estimate of drug-likeness (QED) is 0.805. The van der Waals surface area contributed by atoms with Crippen molar-refractivity contribution < 1.29 is 9.84 Å². The third kappa shape index (κ3) is 1.85. The lowest BCUT2D eigenvalue weighted by Gasteiger charge is -2.40. The van der Waals surface area contributed by atoms with Crippen LogP contribution in [0.25, 0.3) is 0 Å². The molecule has 17 heavy (non-hydrogen) atoms. The molecule has 1 aromatic rings. The Morgan fingerprint density at radius 2 is 2.12 bits per heavy atom. The molecule has 0 radical (unpaired) electrons. The van der Waals surface area contributed by atoms with E-state index in [1.54, 1.807) is 7.11 Å². The normalized spacial score (nSPS) is 31.7. The molecule has 0 amide bonds. The summed E-state index contributed by atoms with van der Waals surface area (Å²) in [6, 6.07) is 5.96. The number of aryl methyl sites for hydroxylation is 1. The van der Waals surface area contributed by atoms with E-state index in [9.17, 15) is 5.11 Å². The van der Waals surface area contributed by atoms with Crippen molar-refractivity contribution in [3.8, 4) is 5.75 Å². The average Bonchev–Trinajstić information content (AvgIpc) is 2.38. The average molecular weight is 232 g/mol. The standard InChI is InChI=1S/C15H20O2/c1-17-12-8-7-10-5-6-11-3-2-4-14(16)15(11)13(10)9-12/h2-4,10,12-13,16H,5-9H2,1H3. The predicted molar refractivity (Wildman–Crippen MR) is 67.3 cm³/mol. The lowest BCUT2D eigenvalue weighted by molar-refractivity contribution is 0.0423. The van der Waals surface area contributed by atoms with Crippen LogP contribution in [0, 0.1) is 5.92 Å². The maximum Gasteiger partial charge on any atom is 0.119 e. The Kier molecular flexibility index (Phi) is 2.83. The topological polar surface area (TPSA) is 29.5 Å². The highest BCUT2D eigenvalue weighted by Crippen LogP contribution is 2.48. The molecule has 1 fully saturated rings. The lowest BCUT2D eigenvalue weighted by atomic mass is 9.67. The fraction of sp³-hybridized carbons (Fsp3) is 0.600. The minimum Gasteiger partial charge on any atom is -0.508 e. The molecule has 92 valence electrons. The zero-order chi connectivity index (χ0) is 11.8. The number of aromatic hydroxyl groups is 1. The van der Waals surface area contributed by atoms with Gasteiger partial charge in [0.2, 0.25) is 0 Å². The Hall–Kier alpha value is -1.02. The number of methoxy groups -OCH3 is 1. The van der Waals surface area contributed by atoms with Gasteiger partial charge in [-0.1, -0.05) is 12.1 Å². The molecule has 3 atom stereocenters. The van der Waals surface area contributed by atoms with Crippen molar-refractivity contribution in [1.82, 2.24) is 0 Å². The molecule has 1 saturated carbocycles. The van der Waals surface area contributed by atoms with Crippen LogP contribution in [0.5, 0.6) is 5.75 Å². The van der Waals surface area contributed by atoms with Gasteiger partial charge >= 0.3 is 0 Å². The zero-order valence-corrected chi connectivity index (χ0v) is 10.4. The number of phenols is 1. The summed E-state index contributed by atoms with van der Waals surface area (Å²) in [4.78, 5) is 0. The molecule has 0 bridgehead atoms. The van der Waals surface area contributed by atoms with E-state index >= 15 is 0 Å². The Bertz CT molecular complexity index is 413. The third-order valence-corrected chi connectivity index (χ3v) is 4.61. The van der Waals surface area contributed by atoms with Crippen molar-refractivity contribution in [1.29, 1.82) is 0 Å². The summed E-state index contributed by atoms with van der Waals surface area (Å²) < 4.78 is 5.51. The van der Waals surface area contributed by atoms with Crippen LogP contribution in [0.4, 0.5) is 0 Å². The number of hydrogen-bond donors (Lipinski definition) is 1. The molecule has 3 unspecified atom stereocenters. The van der Waals surface area contributed by atoms with Crippen molar-refractivity contribution in [2.24, 2.45) is 5.92 Å². The first-order valence-electron chi connectivity index (χ1n) is 6.63. The van der Waals surface area contributed by atoms with Crippen LogP contribution in [0.1, 0.15) is 42.7 Å². The second kappa shape index (κ2) is 4.34. The van der Waals surface area contributed by atoms with Gasteiger partial charge in [-0.2, -0.15) is 0 Å². The zero-order valence-electron chi connectivity index (χ0n) is 10.4. The van der Waals surface area contributed by atoms with Crippen LogP contribution in [-0.2, 0) is 11.2 Å². The minimum absolute atomic E-state index is 0.377. The molecular formula is C15H20O2. The van der Waals surface area contributed by atoms with E-state index in [-0.39, 0.29) is 0 Å². The van der Waals surface area contributed by atoms with Gasteiger partial charge in [0.05, 0.1) is 6.10 Å². The molecule has 2 heteroatoms. The highest BCUT2D eigenvalue weighted by Gasteiger charge is 2.36. The Morgan fingerprint density at radius 1 is 1.24 bits per heavy atom. The van der Waals surface area contributed by atoms with Gasteiger partial charge in [-0.05, 0) is 55.6 Å². The minimum atomic E-state index is 0.377. The van der Waals surface area contributed by atoms with Gasteiger partial charge in [0.1, 0.15) is 5.75 Å². The molecule has 0 spiro atoms. The van der Waals surface area contributed by atoms with E-state index in [0.717, 1.165) is 18.8 Å². The van der Waals surface area contributed by atoms with Crippen molar-refractivity contribution >= 4 is 0 Å². The molecule has 2 nitrogen and oxygen atoms in total. The second-order valence-electron chi connectivity index (χ2n) is 5.43. The SMILES string of the molecule is COC1CCC2CCc3cccc(O)c3C2C1. The monoisotopic (exact) mass is 232 g/mol. The van der Waals surface area contributed by atoms with Gasteiger partial charge in [-0.15, -0.1) is 0 Å². The Morgan fingerprint density at radius 3 is 2.94 bits per heavy atom. The van der Waals surface area contributed by atoms with Crippen molar-refractivity contribution in [3.63, 3.8) is 0 Å². The Balaban J connectivity index is 1.97. The largest absolute Gasteiger partial charge is 0.508 e. The summed E-state index contributed by atoms with van der Waals surface area (Å²) in [6.45, 7) is 0. The number of ether oxygens (including phenoxy) is 1. The van der Waals surface area contributed by atoms with Gasteiger partial charge in [0.25, 0.3) is 0 Å². The fourth-order valence-corrected chi connectivity index (χ4v) is 3.69. The molecule has 2 aliphatic carbocycles. The first-order chi connectivity index (χ1) is 8.29. The van der Waals surface area contributed by atoms with Gasteiger partial charge in [0, 0.05) is 12.7 Å². The molecule has 3 rings (SSSR count).